The summed E-state index contributed by atoms with van der Waals surface area (Å²) in [6.45, 7) is 2.87. The van der Waals surface area contributed by atoms with Gasteiger partial charge in [-0.05, 0) is 12.5 Å². The van der Waals surface area contributed by atoms with E-state index < -0.39 is 47.8 Å². The number of nitrogens with zero attached hydrogens (tertiary/aromatic N) is 1. The standard InChI is InChI=1S/C16H19FN2O7/c1-4-10-13(25-8(2)20)12(17)15(26-10)19-7-9(5-6-11(21)24-3)14(22)18-16(19)23/h5-7,10,12-13,15H,4H2,1-3H3,(H,18,22,23)/b6-5+/t10-,12+,13?,15-/m1/s1. The lowest BCUT2D eigenvalue weighted by molar-refractivity contribution is -0.151. The molecule has 1 fully saturated rings. The highest BCUT2D eigenvalue weighted by atomic mass is 19.1. The van der Waals surface area contributed by atoms with Crippen molar-refractivity contribution in [2.75, 3.05) is 7.11 Å². The maximum atomic E-state index is 14.8. The van der Waals surface area contributed by atoms with Crippen molar-refractivity contribution in [3.8, 4) is 0 Å². The van der Waals surface area contributed by atoms with Crippen LogP contribution in [0, 0.1) is 0 Å². The fraction of sp³-hybridized carbons (Fsp3) is 0.500. The van der Waals surface area contributed by atoms with Crippen LogP contribution in [0.25, 0.3) is 6.08 Å². The molecule has 10 heteroatoms. The number of carbonyl (C=O) groups excluding carboxylic acids is 2. The summed E-state index contributed by atoms with van der Waals surface area (Å²) in [4.78, 5) is 48.3. The highest BCUT2D eigenvalue weighted by Crippen LogP contribution is 2.34. The van der Waals surface area contributed by atoms with E-state index in [1.165, 1.54) is 0 Å². The van der Waals surface area contributed by atoms with E-state index in [4.69, 9.17) is 9.47 Å². The monoisotopic (exact) mass is 370 g/mol. The van der Waals surface area contributed by atoms with Crippen LogP contribution in [0.15, 0.2) is 21.9 Å². The number of carbonyl (C=O) groups is 2. The number of aromatic nitrogens is 2. The predicted octanol–water partition coefficient (Wildman–Crippen LogP) is 0.300. The average molecular weight is 370 g/mol. The summed E-state index contributed by atoms with van der Waals surface area (Å²) in [6.07, 6.45) is -1.59. The van der Waals surface area contributed by atoms with Crippen LogP contribution in [0.2, 0.25) is 0 Å². The third-order valence-corrected chi connectivity index (χ3v) is 3.84. The molecular formula is C16H19FN2O7. The maximum absolute atomic E-state index is 14.8. The third-order valence-electron chi connectivity index (χ3n) is 3.84. The Bertz CT molecular complexity index is 829. The molecule has 2 rings (SSSR count). The first kappa shape index (κ1) is 19.6. The van der Waals surface area contributed by atoms with Gasteiger partial charge in [0.2, 0.25) is 0 Å². The number of ether oxygens (including phenoxy) is 3. The lowest BCUT2D eigenvalue weighted by Gasteiger charge is -2.17. The summed E-state index contributed by atoms with van der Waals surface area (Å²) < 4.78 is 30.5. The van der Waals surface area contributed by atoms with Gasteiger partial charge in [-0.25, -0.2) is 14.0 Å². The molecule has 9 nitrogen and oxygen atoms in total. The Labute approximate surface area is 147 Å². The number of methoxy groups -OCH3 is 1. The van der Waals surface area contributed by atoms with E-state index in [0.29, 0.717) is 6.42 Å². The molecule has 0 aliphatic carbocycles. The molecule has 1 aliphatic rings. The molecule has 1 unspecified atom stereocenters. The van der Waals surface area contributed by atoms with Crippen molar-refractivity contribution in [3.63, 3.8) is 0 Å². The van der Waals surface area contributed by atoms with Gasteiger partial charge < -0.3 is 14.2 Å². The van der Waals surface area contributed by atoms with Crippen molar-refractivity contribution in [2.45, 2.75) is 44.9 Å². The molecule has 2 heterocycles. The van der Waals surface area contributed by atoms with Gasteiger partial charge in [0.15, 0.2) is 18.5 Å². The number of hydrogen-bond donors (Lipinski definition) is 1. The number of H-pyrrole nitrogens is 1. The summed E-state index contributed by atoms with van der Waals surface area (Å²) in [5, 5.41) is 0. The second kappa shape index (κ2) is 8.09. The van der Waals surface area contributed by atoms with Crippen molar-refractivity contribution < 1.29 is 28.2 Å². The molecule has 1 aromatic heterocycles. The molecule has 4 atom stereocenters. The van der Waals surface area contributed by atoms with E-state index >= 15 is 0 Å². The lowest BCUT2D eigenvalue weighted by atomic mass is 10.1. The van der Waals surface area contributed by atoms with E-state index in [0.717, 1.165) is 36.9 Å². The van der Waals surface area contributed by atoms with Crippen LogP contribution >= 0.6 is 0 Å². The van der Waals surface area contributed by atoms with Gasteiger partial charge in [-0.2, -0.15) is 0 Å². The Morgan fingerprint density at radius 3 is 2.69 bits per heavy atom. The zero-order valence-corrected chi connectivity index (χ0v) is 14.4. The zero-order valence-electron chi connectivity index (χ0n) is 14.4. The number of aromatic amines is 1. The molecule has 142 valence electrons. The molecular weight excluding hydrogens is 351 g/mol. The Balaban J connectivity index is 2.40. The number of alkyl halides is 1. The fourth-order valence-electron chi connectivity index (χ4n) is 2.61. The van der Waals surface area contributed by atoms with E-state index in [2.05, 4.69) is 4.74 Å². The van der Waals surface area contributed by atoms with E-state index in [-0.39, 0.29) is 5.56 Å². The van der Waals surface area contributed by atoms with Gasteiger partial charge in [0.05, 0.1) is 12.7 Å². The Kier molecular flexibility index (Phi) is 6.09. The van der Waals surface area contributed by atoms with Crippen molar-refractivity contribution in [3.05, 3.63) is 38.7 Å². The minimum Gasteiger partial charge on any atom is -0.466 e. The van der Waals surface area contributed by atoms with Crippen LogP contribution in [0.3, 0.4) is 0 Å². The summed E-state index contributed by atoms with van der Waals surface area (Å²) in [5.74, 6) is -1.38. The summed E-state index contributed by atoms with van der Waals surface area (Å²) in [6, 6.07) is 0. The number of hydrogen-bond acceptors (Lipinski definition) is 7. The first-order valence-corrected chi connectivity index (χ1v) is 7.86. The normalized spacial score (nSPS) is 25.4. The number of halogens is 1. The molecule has 0 saturated carbocycles. The first-order chi connectivity index (χ1) is 12.3. The molecule has 1 saturated heterocycles. The van der Waals surface area contributed by atoms with Crippen LogP contribution in [-0.4, -0.2) is 47.0 Å². The van der Waals surface area contributed by atoms with E-state index in [9.17, 15) is 23.6 Å². The largest absolute Gasteiger partial charge is 0.466 e. The smallest absolute Gasteiger partial charge is 0.330 e. The van der Waals surface area contributed by atoms with Crippen LogP contribution < -0.4 is 11.2 Å². The van der Waals surface area contributed by atoms with E-state index in [1.807, 2.05) is 4.98 Å². The summed E-state index contributed by atoms with van der Waals surface area (Å²) in [5.41, 5.74) is -1.73. The van der Waals surface area contributed by atoms with Crippen LogP contribution in [-0.2, 0) is 23.8 Å². The van der Waals surface area contributed by atoms with Gasteiger partial charge in [-0.3, -0.25) is 19.1 Å². The van der Waals surface area contributed by atoms with Gasteiger partial charge in [-0.1, -0.05) is 6.92 Å². The van der Waals surface area contributed by atoms with Crippen molar-refractivity contribution >= 4 is 18.0 Å². The molecule has 1 aromatic rings. The molecule has 26 heavy (non-hydrogen) atoms. The van der Waals surface area contributed by atoms with Crippen LogP contribution in [0.5, 0.6) is 0 Å². The van der Waals surface area contributed by atoms with Crippen LogP contribution in [0.1, 0.15) is 32.1 Å². The highest BCUT2D eigenvalue weighted by molar-refractivity contribution is 5.86. The fourth-order valence-corrected chi connectivity index (χ4v) is 2.61. The van der Waals surface area contributed by atoms with Gasteiger partial charge >= 0.3 is 17.6 Å². The Hall–Kier alpha value is -2.75. The Morgan fingerprint density at radius 1 is 1.42 bits per heavy atom. The minimum atomic E-state index is -1.81. The van der Waals surface area contributed by atoms with Gasteiger partial charge in [-0.15, -0.1) is 0 Å². The molecule has 0 bridgehead atoms. The summed E-state index contributed by atoms with van der Waals surface area (Å²) in [7, 11) is 1.16. The molecule has 1 N–H and O–H groups in total. The maximum Gasteiger partial charge on any atom is 0.330 e. The van der Waals surface area contributed by atoms with Gasteiger partial charge in [0.25, 0.3) is 5.56 Å². The third kappa shape index (κ3) is 4.07. The molecule has 0 radical (unpaired) electrons. The number of esters is 2. The lowest BCUT2D eigenvalue weighted by Crippen LogP contribution is -2.37. The molecule has 0 spiro atoms. The minimum absolute atomic E-state index is 0.0743. The number of rotatable bonds is 5. The SMILES string of the molecule is CC[C@H]1O[C@@H](n2cc(/C=C/C(=O)OC)c(=O)[nH]c2=O)[C@@H](F)C1OC(C)=O. The van der Waals surface area contributed by atoms with Crippen molar-refractivity contribution in [1.82, 2.24) is 9.55 Å². The van der Waals surface area contributed by atoms with Crippen LogP contribution in [0.4, 0.5) is 4.39 Å². The van der Waals surface area contributed by atoms with E-state index in [1.54, 1.807) is 6.92 Å². The van der Waals surface area contributed by atoms with Crippen molar-refractivity contribution in [1.29, 1.82) is 0 Å². The van der Waals surface area contributed by atoms with Gasteiger partial charge in [0, 0.05) is 19.2 Å². The molecule has 0 amide bonds. The molecule has 1 aliphatic heterocycles. The predicted molar refractivity (Wildman–Crippen MR) is 87.0 cm³/mol. The zero-order chi connectivity index (χ0) is 19.4. The Morgan fingerprint density at radius 2 is 2.12 bits per heavy atom. The number of nitrogens with one attached hydrogen (secondary N) is 1. The average Bonchev–Trinajstić information content (AvgIpc) is 2.89. The second-order valence-electron chi connectivity index (χ2n) is 5.60. The summed E-state index contributed by atoms with van der Waals surface area (Å²) >= 11 is 0. The quantitative estimate of drug-likeness (QED) is 0.585. The molecule has 0 aromatic carbocycles. The van der Waals surface area contributed by atoms with Gasteiger partial charge in [0.1, 0.15) is 6.10 Å². The second-order valence-corrected chi connectivity index (χ2v) is 5.60. The van der Waals surface area contributed by atoms with Crippen molar-refractivity contribution in [2.24, 2.45) is 0 Å². The first-order valence-electron chi connectivity index (χ1n) is 7.86. The topological polar surface area (TPSA) is 117 Å². The highest BCUT2D eigenvalue weighted by Gasteiger charge is 2.47.